The number of benzene rings is 2. The van der Waals surface area contributed by atoms with E-state index in [0.29, 0.717) is 5.56 Å². The molecule has 0 amide bonds. The molecule has 2 aromatic carbocycles. The summed E-state index contributed by atoms with van der Waals surface area (Å²) >= 11 is -0.614. The van der Waals surface area contributed by atoms with E-state index in [4.69, 9.17) is 10.00 Å². The second kappa shape index (κ2) is 8.92. The van der Waals surface area contributed by atoms with Crippen molar-refractivity contribution in [3.05, 3.63) is 59.2 Å². The SMILES string of the molecule is CC(C)Oc1ccc(C([As]c2ccc(C#N)cc2)C(=O)O)cc1C(C)C. The molecule has 1 unspecified atom stereocenters. The fraction of sp³-hybridized carbons (Fsp3) is 0.333. The van der Waals surface area contributed by atoms with Crippen molar-refractivity contribution >= 4 is 26.1 Å². The van der Waals surface area contributed by atoms with E-state index in [2.05, 4.69) is 19.9 Å². The van der Waals surface area contributed by atoms with Crippen LogP contribution >= 0.6 is 0 Å². The molecule has 1 N–H and O–H groups in total. The second-order valence-corrected chi connectivity index (χ2v) is 9.36. The summed E-state index contributed by atoms with van der Waals surface area (Å²) < 4.78 is 6.31. The van der Waals surface area contributed by atoms with Crippen molar-refractivity contribution in [2.24, 2.45) is 0 Å². The Hall–Kier alpha value is -2.24. The Kier molecular flexibility index (Phi) is 6.89. The molecule has 26 heavy (non-hydrogen) atoms. The van der Waals surface area contributed by atoms with Gasteiger partial charge in [0.05, 0.1) is 0 Å². The third-order valence-electron chi connectivity index (χ3n) is 3.84. The molecule has 0 aliphatic rings. The van der Waals surface area contributed by atoms with Crippen LogP contribution in [0.2, 0.25) is 0 Å². The first kappa shape index (κ1) is 20.1. The number of carboxylic acids is 1. The molecule has 2 rings (SSSR count). The molecule has 2 aromatic rings. The van der Waals surface area contributed by atoms with Gasteiger partial charge in [-0.2, -0.15) is 0 Å². The molecule has 0 saturated carbocycles. The van der Waals surface area contributed by atoms with E-state index in [0.717, 1.165) is 21.2 Å². The average molecular weight is 412 g/mol. The quantitative estimate of drug-likeness (QED) is 0.706. The average Bonchev–Trinajstić information content (AvgIpc) is 2.59. The van der Waals surface area contributed by atoms with Crippen molar-refractivity contribution in [3.8, 4) is 11.8 Å². The minimum atomic E-state index is -0.818. The summed E-state index contributed by atoms with van der Waals surface area (Å²) in [5.41, 5.74) is 2.42. The van der Waals surface area contributed by atoms with E-state index < -0.39 is 26.4 Å². The molecule has 0 aliphatic carbocycles. The summed E-state index contributed by atoms with van der Waals surface area (Å²) in [5, 5.41) is 18.7. The van der Waals surface area contributed by atoms with Gasteiger partial charge >= 0.3 is 161 Å². The van der Waals surface area contributed by atoms with Crippen LogP contribution in [0.15, 0.2) is 42.5 Å². The number of nitriles is 1. The summed E-state index contributed by atoms with van der Waals surface area (Å²) in [4.78, 5) is 11.9. The summed E-state index contributed by atoms with van der Waals surface area (Å²) in [7, 11) is 0. The van der Waals surface area contributed by atoms with Gasteiger partial charge in [0.25, 0.3) is 0 Å². The normalized spacial score (nSPS) is 12.5. The molecule has 1 atom stereocenters. The van der Waals surface area contributed by atoms with Crippen LogP contribution in [0.1, 0.15) is 55.0 Å². The van der Waals surface area contributed by atoms with Gasteiger partial charge in [-0.3, -0.25) is 0 Å². The van der Waals surface area contributed by atoms with Crippen LogP contribution in [0.4, 0.5) is 0 Å². The van der Waals surface area contributed by atoms with Crippen molar-refractivity contribution in [1.29, 1.82) is 5.26 Å². The van der Waals surface area contributed by atoms with Gasteiger partial charge < -0.3 is 0 Å². The Morgan fingerprint density at radius 3 is 2.27 bits per heavy atom. The van der Waals surface area contributed by atoms with Crippen LogP contribution in [0.5, 0.6) is 5.75 Å². The molecule has 5 heteroatoms. The Morgan fingerprint density at radius 2 is 1.77 bits per heavy atom. The van der Waals surface area contributed by atoms with Crippen molar-refractivity contribution in [2.45, 2.75) is 44.4 Å². The van der Waals surface area contributed by atoms with Crippen molar-refractivity contribution in [3.63, 3.8) is 0 Å². The molecule has 0 aromatic heterocycles. The predicted molar refractivity (Wildman–Crippen MR) is 103 cm³/mol. The van der Waals surface area contributed by atoms with E-state index in [9.17, 15) is 9.90 Å². The van der Waals surface area contributed by atoms with Gasteiger partial charge in [-0.1, -0.05) is 0 Å². The molecule has 1 radical (unpaired) electrons. The monoisotopic (exact) mass is 412 g/mol. The van der Waals surface area contributed by atoms with E-state index in [1.165, 1.54) is 0 Å². The van der Waals surface area contributed by atoms with Gasteiger partial charge in [0, 0.05) is 0 Å². The van der Waals surface area contributed by atoms with Crippen LogP contribution in [-0.2, 0) is 4.79 Å². The third kappa shape index (κ3) is 5.13. The van der Waals surface area contributed by atoms with Crippen molar-refractivity contribution < 1.29 is 14.6 Å². The molecule has 0 saturated heterocycles. The molecule has 0 aliphatic heterocycles. The number of ether oxygens (including phenoxy) is 1. The van der Waals surface area contributed by atoms with Gasteiger partial charge in [-0.25, -0.2) is 0 Å². The molecule has 0 fully saturated rings. The summed E-state index contributed by atoms with van der Waals surface area (Å²) in [6, 6.07) is 15.0. The van der Waals surface area contributed by atoms with Gasteiger partial charge in [-0.05, 0) is 0 Å². The number of carbonyl (C=O) groups is 1. The molecule has 0 heterocycles. The zero-order chi connectivity index (χ0) is 19.3. The topological polar surface area (TPSA) is 70.3 Å². The van der Waals surface area contributed by atoms with Crippen LogP contribution in [0.25, 0.3) is 0 Å². The van der Waals surface area contributed by atoms with Gasteiger partial charge in [0.1, 0.15) is 0 Å². The number of carboxylic acid groups (broad SMARTS) is 1. The summed E-state index contributed by atoms with van der Waals surface area (Å²) in [5.74, 6) is 0.239. The van der Waals surface area contributed by atoms with E-state index in [1.54, 1.807) is 12.1 Å². The minimum absolute atomic E-state index is 0.0681. The Labute approximate surface area is 161 Å². The number of aliphatic carboxylic acids is 1. The zero-order valence-corrected chi connectivity index (χ0v) is 17.3. The Bertz CT molecular complexity index is 807. The van der Waals surface area contributed by atoms with Gasteiger partial charge in [0.2, 0.25) is 0 Å². The van der Waals surface area contributed by atoms with Crippen LogP contribution < -0.4 is 9.09 Å². The number of hydrogen-bond acceptors (Lipinski definition) is 3. The summed E-state index contributed by atoms with van der Waals surface area (Å²) in [6.45, 7) is 8.12. The van der Waals surface area contributed by atoms with E-state index in [1.807, 2.05) is 44.2 Å². The molecule has 135 valence electrons. The Morgan fingerprint density at radius 1 is 1.12 bits per heavy atom. The van der Waals surface area contributed by atoms with Crippen LogP contribution in [0.3, 0.4) is 0 Å². The van der Waals surface area contributed by atoms with Crippen LogP contribution in [-0.4, -0.2) is 32.9 Å². The van der Waals surface area contributed by atoms with Gasteiger partial charge in [-0.15, -0.1) is 0 Å². The number of rotatable bonds is 7. The fourth-order valence-electron chi connectivity index (χ4n) is 2.59. The number of hydrogen-bond donors (Lipinski definition) is 1. The molecule has 0 spiro atoms. The predicted octanol–water partition coefficient (Wildman–Crippen LogP) is 3.62. The van der Waals surface area contributed by atoms with Gasteiger partial charge in [0.15, 0.2) is 0 Å². The van der Waals surface area contributed by atoms with Crippen LogP contribution in [0, 0.1) is 11.3 Å². The van der Waals surface area contributed by atoms with E-state index in [-0.39, 0.29) is 12.0 Å². The maximum absolute atomic E-state index is 11.9. The molecular formula is C21H23AsNO3. The first-order valence-corrected chi connectivity index (χ1v) is 10.6. The second-order valence-electron chi connectivity index (χ2n) is 6.65. The molecular weight excluding hydrogens is 389 g/mol. The van der Waals surface area contributed by atoms with Crippen molar-refractivity contribution in [1.82, 2.24) is 0 Å². The first-order valence-electron chi connectivity index (χ1n) is 8.56. The Balaban J connectivity index is 2.35. The standard InChI is InChI=1S/C21H23AsNO3/c1-13(2)18-11-16(7-10-19(18)26-14(3)4)20(21(24)25)22-17-8-5-15(12-23)6-9-17/h5-11,13-14,20H,1-4H3,(H,24,25). The summed E-state index contributed by atoms with van der Waals surface area (Å²) in [6.07, 6.45) is 0.0681. The van der Waals surface area contributed by atoms with Crippen molar-refractivity contribution in [2.75, 3.05) is 0 Å². The maximum atomic E-state index is 11.9. The first-order chi connectivity index (χ1) is 12.3. The fourth-order valence-corrected chi connectivity index (χ4v) is 4.77. The molecule has 4 nitrogen and oxygen atoms in total. The zero-order valence-electron chi connectivity index (χ0n) is 15.4. The van der Waals surface area contributed by atoms with E-state index >= 15 is 0 Å². The third-order valence-corrected chi connectivity index (χ3v) is 6.72. The molecule has 0 bridgehead atoms. The number of nitrogens with zero attached hydrogens (tertiary/aromatic N) is 1.